The first-order chi connectivity index (χ1) is 15.1. The van der Waals surface area contributed by atoms with E-state index in [2.05, 4.69) is 40.1 Å². The average molecular weight is 478 g/mol. The molecule has 32 heavy (non-hydrogen) atoms. The molecule has 2 aromatic carbocycles. The fourth-order valence-electron chi connectivity index (χ4n) is 5.53. The van der Waals surface area contributed by atoms with E-state index in [4.69, 9.17) is 26.8 Å². The van der Waals surface area contributed by atoms with Crippen LogP contribution in [0.25, 0.3) is 0 Å². The molecule has 0 aromatic heterocycles. The second kappa shape index (κ2) is 10.2. The minimum atomic E-state index is 0. The lowest BCUT2D eigenvalue weighted by Crippen LogP contribution is -2.52. The van der Waals surface area contributed by atoms with Crippen LogP contribution < -0.4 is 15.2 Å². The smallest absolute Gasteiger partial charge is 0.231 e. The fourth-order valence-corrected chi connectivity index (χ4v) is 5.72. The minimum absolute atomic E-state index is 0. The first-order valence-electron chi connectivity index (χ1n) is 11.5. The molecule has 1 aliphatic carbocycles. The van der Waals surface area contributed by atoms with Crippen LogP contribution in [0.2, 0.25) is 5.02 Å². The molecular formula is C25H33Cl2N3O2. The van der Waals surface area contributed by atoms with E-state index in [1.54, 1.807) is 0 Å². The summed E-state index contributed by atoms with van der Waals surface area (Å²) >= 11 is 6.27. The molecule has 0 unspecified atom stereocenters. The monoisotopic (exact) mass is 477 g/mol. The van der Waals surface area contributed by atoms with Crippen molar-refractivity contribution in [3.8, 4) is 11.5 Å². The third-order valence-corrected chi connectivity index (χ3v) is 7.74. The van der Waals surface area contributed by atoms with Crippen LogP contribution in [-0.2, 0) is 12.0 Å². The van der Waals surface area contributed by atoms with E-state index in [0.29, 0.717) is 19.4 Å². The molecular weight excluding hydrogens is 445 g/mol. The number of nitrogens with two attached hydrogens (primary N) is 1. The highest BCUT2D eigenvalue weighted by molar-refractivity contribution is 6.30. The van der Waals surface area contributed by atoms with Crippen molar-refractivity contribution in [3.63, 3.8) is 0 Å². The summed E-state index contributed by atoms with van der Waals surface area (Å²) in [6, 6.07) is 15.3. The Balaban J connectivity index is 0.00000245. The number of hydrogen-bond donors (Lipinski definition) is 1. The standard InChI is InChI=1S/C25H32ClN3O2.ClH/c26-21-3-1-2-20(15-21)25(17-27)8-6-22(7-9-25)29-12-10-28(11-13-29)16-19-4-5-23-24(14-19)31-18-30-23;/h1-5,14-15,22H,6-13,16-18,27H2;1H. The Morgan fingerprint density at radius 1 is 0.969 bits per heavy atom. The van der Waals surface area contributed by atoms with Crippen LogP contribution in [0.3, 0.4) is 0 Å². The third-order valence-electron chi connectivity index (χ3n) is 7.51. The normalized spacial score (nSPS) is 26.0. The largest absolute Gasteiger partial charge is 0.454 e. The summed E-state index contributed by atoms with van der Waals surface area (Å²) in [5.41, 5.74) is 8.99. The maximum Gasteiger partial charge on any atom is 0.231 e. The molecule has 5 rings (SSSR count). The number of rotatable bonds is 5. The highest BCUT2D eigenvalue weighted by Gasteiger charge is 2.38. The Hall–Kier alpha value is -1.50. The van der Waals surface area contributed by atoms with Crippen LogP contribution in [0.15, 0.2) is 42.5 Å². The Morgan fingerprint density at radius 2 is 1.72 bits per heavy atom. The van der Waals surface area contributed by atoms with Gasteiger partial charge in [0.05, 0.1) is 0 Å². The number of hydrogen-bond acceptors (Lipinski definition) is 5. The van der Waals surface area contributed by atoms with Gasteiger partial charge in [-0.3, -0.25) is 9.80 Å². The van der Waals surface area contributed by atoms with Gasteiger partial charge in [0.1, 0.15) is 0 Å². The number of nitrogens with zero attached hydrogens (tertiary/aromatic N) is 2. The van der Waals surface area contributed by atoms with Gasteiger partial charge in [-0.25, -0.2) is 0 Å². The molecule has 0 amide bonds. The molecule has 3 aliphatic rings. The molecule has 0 spiro atoms. The van der Waals surface area contributed by atoms with Crippen LogP contribution in [0.4, 0.5) is 0 Å². The molecule has 2 heterocycles. The highest BCUT2D eigenvalue weighted by atomic mass is 35.5. The van der Waals surface area contributed by atoms with E-state index in [1.165, 1.54) is 24.0 Å². The van der Waals surface area contributed by atoms with E-state index < -0.39 is 0 Å². The highest BCUT2D eigenvalue weighted by Crippen LogP contribution is 2.41. The minimum Gasteiger partial charge on any atom is -0.454 e. The molecule has 174 valence electrons. The van der Waals surface area contributed by atoms with Crippen molar-refractivity contribution < 1.29 is 9.47 Å². The van der Waals surface area contributed by atoms with Gasteiger partial charge in [0.2, 0.25) is 6.79 Å². The molecule has 2 fully saturated rings. The van der Waals surface area contributed by atoms with Crippen molar-refractivity contribution in [1.29, 1.82) is 0 Å². The van der Waals surface area contributed by atoms with E-state index in [0.717, 1.165) is 62.1 Å². The van der Waals surface area contributed by atoms with Crippen molar-refractivity contribution in [2.24, 2.45) is 5.73 Å². The van der Waals surface area contributed by atoms with Crippen molar-refractivity contribution in [1.82, 2.24) is 9.80 Å². The maximum absolute atomic E-state index is 6.29. The Morgan fingerprint density at radius 3 is 2.44 bits per heavy atom. The van der Waals surface area contributed by atoms with E-state index in [1.807, 2.05) is 12.1 Å². The zero-order valence-electron chi connectivity index (χ0n) is 18.5. The zero-order valence-corrected chi connectivity index (χ0v) is 20.0. The van der Waals surface area contributed by atoms with Crippen molar-refractivity contribution in [3.05, 3.63) is 58.6 Å². The molecule has 2 aromatic rings. The van der Waals surface area contributed by atoms with Crippen LogP contribution in [-0.4, -0.2) is 55.4 Å². The average Bonchev–Trinajstić information content (AvgIpc) is 3.28. The predicted octanol–water partition coefficient (Wildman–Crippen LogP) is 4.45. The molecule has 2 aliphatic heterocycles. The van der Waals surface area contributed by atoms with Crippen molar-refractivity contribution in [2.45, 2.75) is 43.7 Å². The first kappa shape index (κ1) is 23.7. The molecule has 0 atom stereocenters. The van der Waals surface area contributed by atoms with Gasteiger partial charge in [0, 0.05) is 55.7 Å². The van der Waals surface area contributed by atoms with Gasteiger partial charge in [-0.1, -0.05) is 29.8 Å². The quantitative estimate of drug-likeness (QED) is 0.689. The summed E-state index contributed by atoms with van der Waals surface area (Å²) in [5.74, 6) is 1.73. The molecule has 1 saturated carbocycles. The van der Waals surface area contributed by atoms with Gasteiger partial charge < -0.3 is 15.2 Å². The first-order valence-corrected chi connectivity index (χ1v) is 11.8. The molecule has 0 radical (unpaired) electrons. The lowest BCUT2D eigenvalue weighted by molar-refractivity contribution is 0.0629. The third kappa shape index (κ3) is 4.87. The van der Waals surface area contributed by atoms with Crippen LogP contribution >= 0.6 is 24.0 Å². The SMILES string of the molecule is Cl.NCC1(c2cccc(Cl)c2)CCC(N2CCN(Cc3ccc4c(c3)OCO4)CC2)CC1. The lowest BCUT2D eigenvalue weighted by atomic mass is 9.68. The van der Waals surface area contributed by atoms with E-state index in [9.17, 15) is 0 Å². The summed E-state index contributed by atoms with van der Waals surface area (Å²) < 4.78 is 10.9. The van der Waals surface area contributed by atoms with Gasteiger partial charge in [-0.2, -0.15) is 0 Å². The zero-order chi connectivity index (χ0) is 21.3. The van der Waals surface area contributed by atoms with Crippen molar-refractivity contribution in [2.75, 3.05) is 39.5 Å². The van der Waals surface area contributed by atoms with Gasteiger partial charge in [-0.05, 0) is 61.1 Å². The molecule has 5 nitrogen and oxygen atoms in total. The topological polar surface area (TPSA) is 51.0 Å². The Labute approximate surface area is 202 Å². The summed E-state index contributed by atoms with van der Waals surface area (Å²) in [6.07, 6.45) is 4.72. The number of piperazine rings is 1. The van der Waals surface area contributed by atoms with E-state index >= 15 is 0 Å². The van der Waals surface area contributed by atoms with Crippen LogP contribution in [0.1, 0.15) is 36.8 Å². The summed E-state index contributed by atoms with van der Waals surface area (Å²) in [4.78, 5) is 5.25. The number of ether oxygens (including phenoxy) is 2. The molecule has 0 bridgehead atoms. The van der Waals surface area contributed by atoms with Crippen LogP contribution in [0.5, 0.6) is 11.5 Å². The van der Waals surface area contributed by atoms with E-state index in [-0.39, 0.29) is 17.8 Å². The van der Waals surface area contributed by atoms with Gasteiger partial charge in [-0.15, -0.1) is 12.4 Å². The number of halogens is 2. The molecule has 7 heteroatoms. The second-order valence-corrected chi connectivity index (χ2v) is 9.66. The molecule has 1 saturated heterocycles. The Bertz CT molecular complexity index is 910. The van der Waals surface area contributed by atoms with Gasteiger partial charge in [0.15, 0.2) is 11.5 Å². The Kier molecular flexibility index (Phi) is 7.53. The summed E-state index contributed by atoms with van der Waals surface area (Å²) in [6.45, 7) is 6.51. The number of benzene rings is 2. The summed E-state index contributed by atoms with van der Waals surface area (Å²) in [5, 5.41) is 0.811. The van der Waals surface area contributed by atoms with Gasteiger partial charge in [0.25, 0.3) is 0 Å². The van der Waals surface area contributed by atoms with Crippen molar-refractivity contribution >= 4 is 24.0 Å². The fraction of sp³-hybridized carbons (Fsp3) is 0.520. The predicted molar refractivity (Wildman–Crippen MR) is 131 cm³/mol. The number of fused-ring (bicyclic) bond motifs is 1. The van der Waals surface area contributed by atoms with Gasteiger partial charge >= 0.3 is 0 Å². The summed E-state index contributed by atoms with van der Waals surface area (Å²) in [7, 11) is 0. The second-order valence-electron chi connectivity index (χ2n) is 9.23. The lowest BCUT2D eigenvalue weighted by Gasteiger charge is -2.46. The maximum atomic E-state index is 6.29. The van der Waals surface area contributed by atoms with Crippen LogP contribution in [0, 0.1) is 0 Å². The molecule has 2 N–H and O–H groups in total.